The first-order valence-electron chi connectivity index (χ1n) is 9.00. The highest BCUT2D eigenvalue weighted by Gasteiger charge is 2.20. The van der Waals surface area contributed by atoms with Crippen molar-refractivity contribution in [3.63, 3.8) is 0 Å². The molecule has 0 atom stereocenters. The van der Waals surface area contributed by atoms with Gasteiger partial charge >= 0.3 is 0 Å². The van der Waals surface area contributed by atoms with E-state index in [9.17, 15) is 4.79 Å². The van der Waals surface area contributed by atoms with Gasteiger partial charge in [-0.05, 0) is 12.8 Å². The van der Waals surface area contributed by atoms with Gasteiger partial charge in [-0.2, -0.15) is 0 Å². The van der Waals surface area contributed by atoms with Crippen LogP contribution in [0.3, 0.4) is 0 Å². The third kappa shape index (κ3) is 8.37. The lowest BCUT2D eigenvalue weighted by Gasteiger charge is -2.18. The Hall–Kier alpha value is -1.32. The molecule has 1 rings (SSSR count). The lowest BCUT2D eigenvalue weighted by Crippen LogP contribution is -2.43. The zero-order valence-corrected chi connectivity index (χ0v) is 19.1. The normalized spacial score (nSPS) is 11.9. The minimum Gasteiger partial charge on any atom is -0.359 e. The molecule has 26 heavy (non-hydrogen) atoms. The standard InChI is InChI=1S/C18H33N5O2.HI/c1-7-13(8-2)15-11-14(25-23-15)12-22-17(19-6)21-10-9-20-16(24)18(3,4)5;/h11,13H,7-10,12H2,1-6H3,(H,20,24)(H2,19,21,22);1H. The van der Waals surface area contributed by atoms with E-state index in [1.807, 2.05) is 26.8 Å². The summed E-state index contributed by atoms with van der Waals surface area (Å²) in [6.07, 6.45) is 2.11. The second-order valence-corrected chi connectivity index (χ2v) is 7.09. The van der Waals surface area contributed by atoms with Crippen LogP contribution in [0.2, 0.25) is 0 Å². The van der Waals surface area contributed by atoms with Gasteiger partial charge in [0.15, 0.2) is 11.7 Å². The molecule has 0 aliphatic rings. The van der Waals surface area contributed by atoms with Gasteiger partial charge in [-0.3, -0.25) is 9.79 Å². The Labute approximate surface area is 174 Å². The van der Waals surface area contributed by atoms with Gasteiger partial charge in [0.05, 0.1) is 12.2 Å². The van der Waals surface area contributed by atoms with E-state index in [-0.39, 0.29) is 35.3 Å². The maximum Gasteiger partial charge on any atom is 0.225 e. The average Bonchev–Trinajstić information content (AvgIpc) is 3.03. The van der Waals surface area contributed by atoms with Crippen molar-refractivity contribution < 1.29 is 9.32 Å². The average molecular weight is 479 g/mol. The Balaban J connectivity index is 0.00000625. The molecule has 1 aromatic heterocycles. The summed E-state index contributed by atoms with van der Waals surface area (Å²) in [6.45, 7) is 11.6. The predicted molar refractivity (Wildman–Crippen MR) is 116 cm³/mol. The van der Waals surface area contributed by atoms with Crippen molar-refractivity contribution in [3.8, 4) is 0 Å². The number of aliphatic imine (C=N–C) groups is 1. The lowest BCUT2D eigenvalue weighted by atomic mass is 9.96. The number of nitrogens with one attached hydrogen (secondary N) is 3. The Morgan fingerprint density at radius 1 is 1.19 bits per heavy atom. The summed E-state index contributed by atoms with van der Waals surface area (Å²) < 4.78 is 5.39. The first-order valence-corrected chi connectivity index (χ1v) is 9.00. The molecule has 0 aromatic carbocycles. The van der Waals surface area contributed by atoms with Crippen molar-refractivity contribution in [1.29, 1.82) is 0 Å². The van der Waals surface area contributed by atoms with E-state index in [0.29, 0.717) is 31.5 Å². The summed E-state index contributed by atoms with van der Waals surface area (Å²) in [5.74, 6) is 1.92. The molecule has 0 fully saturated rings. The molecule has 0 spiro atoms. The third-order valence-corrected chi connectivity index (χ3v) is 4.02. The number of nitrogens with zero attached hydrogens (tertiary/aromatic N) is 2. The molecule has 1 amide bonds. The number of hydrogen-bond donors (Lipinski definition) is 3. The number of carbonyl (C=O) groups excluding carboxylic acids is 1. The molecular weight excluding hydrogens is 445 g/mol. The summed E-state index contributed by atoms with van der Waals surface area (Å²) in [7, 11) is 1.71. The van der Waals surface area contributed by atoms with Crippen LogP contribution in [0.1, 0.15) is 64.8 Å². The number of amides is 1. The summed E-state index contributed by atoms with van der Waals surface area (Å²) in [4.78, 5) is 16.0. The number of halogens is 1. The van der Waals surface area contributed by atoms with E-state index in [1.165, 1.54) is 0 Å². The molecule has 0 saturated heterocycles. The second-order valence-electron chi connectivity index (χ2n) is 7.09. The minimum absolute atomic E-state index is 0. The van der Waals surface area contributed by atoms with Crippen LogP contribution in [-0.4, -0.2) is 37.2 Å². The number of guanidine groups is 1. The predicted octanol–water partition coefficient (Wildman–Crippen LogP) is 3.02. The molecule has 150 valence electrons. The Bertz CT molecular complexity index is 562. The van der Waals surface area contributed by atoms with Gasteiger partial charge in [0.1, 0.15) is 0 Å². The quantitative estimate of drug-likeness (QED) is 0.231. The van der Waals surface area contributed by atoms with Gasteiger partial charge in [-0.25, -0.2) is 0 Å². The molecule has 0 bridgehead atoms. The highest BCUT2D eigenvalue weighted by Crippen LogP contribution is 2.22. The molecule has 0 unspecified atom stereocenters. The van der Waals surface area contributed by atoms with Gasteiger partial charge in [-0.15, -0.1) is 24.0 Å². The Morgan fingerprint density at radius 3 is 2.35 bits per heavy atom. The van der Waals surface area contributed by atoms with Gasteiger partial charge in [0.2, 0.25) is 5.91 Å². The van der Waals surface area contributed by atoms with Crippen molar-refractivity contribution in [2.75, 3.05) is 20.1 Å². The number of aromatic nitrogens is 1. The fourth-order valence-corrected chi connectivity index (χ4v) is 2.33. The largest absolute Gasteiger partial charge is 0.359 e. The van der Waals surface area contributed by atoms with Crippen LogP contribution in [0, 0.1) is 5.41 Å². The highest BCUT2D eigenvalue weighted by molar-refractivity contribution is 14.0. The maximum atomic E-state index is 11.8. The van der Waals surface area contributed by atoms with Crippen LogP contribution in [0.25, 0.3) is 0 Å². The first kappa shape index (κ1) is 24.7. The van der Waals surface area contributed by atoms with E-state index < -0.39 is 0 Å². The van der Waals surface area contributed by atoms with E-state index in [0.717, 1.165) is 24.3 Å². The van der Waals surface area contributed by atoms with Crippen molar-refractivity contribution in [2.45, 2.75) is 59.9 Å². The van der Waals surface area contributed by atoms with Crippen LogP contribution in [-0.2, 0) is 11.3 Å². The van der Waals surface area contributed by atoms with Crippen molar-refractivity contribution in [3.05, 3.63) is 17.5 Å². The van der Waals surface area contributed by atoms with E-state index in [2.05, 4.69) is 39.9 Å². The summed E-state index contributed by atoms with van der Waals surface area (Å²) in [5.41, 5.74) is 0.633. The van der Waals surface area contributed by atoms with Gasteiger partial charge in [-0.1, -0.05) is 39.8 Å². The second kappa shape index (κ2) is 12.1. The maximum absolute atomic E-state index is 11.8. The van der Waals surface area contributed by atoms with Crippen molar-refractivity contribution in [1.82, 2.24) is 21.1 Å². The van der Waals surface area contributed by atoms with E-state index >= 15 is 0 Å². The molecular formula is C18H34IN5O2. The summed E-state index contributed by atoms with van der Waals surface area (Å²) in [6, 6.07) is 2.00. The van der Waals surface area contributed by atoms with Gasteiger partial charge in [0, 0.05) is 37.5 Å². The monoisotopic (exact) mass is 479 g/mol. The molecule has 3 N–H and O–H groups in total. The van der Waals surface area contributed by atoms with Crippen LogP contribution in [0.4, 0.5) is 0 Å². The molecule has 0 saturated carbocycles. The SMILES string of the molecule is CCC(CC)c1cc(CNC(=NC)NCCNC(=O)C(C)(C)C)on1.I. The summed E-state index contributed by atoms with van der Waals surface area (Å²) >= 11 is 0. The Morgan fingerprint density at radius 2 is 1.81 bits per heavy atom. The zero-order chi connectivity index (χ0) is 18.9. The third-order valence-electron chi connectivity index (χ3n) is 4.02. The molecule has 7 nitrogen and oxygen atoms in total. The van der Waals surface area contributed by atoms with Gasteiger partial charge < -0.3 is 20.5 Å². The molecule has 8 heteroatoms. The molecule has 1 heterocycles. The number of hydrogen-bond acceptors (Lipinski definition) is 4. The molecule has 0 aliphatic heterocycles. The Kier molecular flexibility index (Phi) is 11.5. The first-order chi connectivity index (χ1) is 11.8. The van der Waals surface area contributed by atoms with Crippen LogP contribution >= 0.6 is 24.0 Å². The number of carbonyl (C=O) groups is 1. The van der Waals surface area contributed by atoms with E-state index in [1.54, 1.807) is 7.05 Å². The van der Waals surface area contributed by atoms with Crippen LogP contribution in [0.5, 0.6) is 0 Å². The van der Waals surface area contributed by atoms with Crippen molar-refractivity contribution in [2.24, 2.45) is 10.4 Å². The van der Waals surface area contributed by atoms with Crippen LogP contribution in [0.15, 0.2) is 15.6 Å². The fraction of sp³-hybridized carbons (Fsp3) is 0.722. The fourth-order valence-electron chi connectivity index (χ4n) is 2.33. The number of rotatable bonds is 8. The van der Waals surface area contributed by atoms with E-state index in [4.69, 9.17) is 4.52 Å². The molecule has 0 aliphatic carbocycles. The lowest BCUT2D eigenvalue weighted by molar-refractivity contribution is -0.128. The van der Waals surface area contributed by atoms with Crippen LogP contribution < -0.4 is 16.0 Å². The minimum atomic E-state index is -0.376. The highest BCUT2D eigenvalue weighted by atomic mass is 127. The van der Waals surface area contributed by atoms with Crippen molar-refractivity contribution >= 4 is 35.8 Å². The van der Waals surface area contributed by atoms with Gasteiger partial charge in [0.25, 0.3) is 0 Å². The zero-order valence-electron chi connectivity index (χ0n) is 16.8. The smallest absolute Gasteiger partial charge is 0.225 e. The summed E-state index contributed by atoms with van der Waals surface area (Å²) in [5, 5.41) is 13.4. The molecule has 1 aromatic rings. The topological polar surface area (TPSA) is 91.6 Å². The molecule has 0 radical (unpaired) electrons.